The van der Waals surface area contributed by atoms with Gasteiger partial charge in [0.2, 0.25) is 0 Å². The number of hydrogen-bond acceptors (Lipinski definition) is 3. The van der Waals surface area contributed by atoms with Gasteiger partial charge in [0.15, 0.2) is 0 Å². The van der Waals surface area contributed by atoms with Crippen molar-refractivity contribution in [2.45, 2.75) is 77.4 Å². The van der Waals surface area contributed by atoms with E-state index in [1.54, 1.807) is 0 Å². The van der Waals surface area contributed by atoms with Crippen LogP contribution in [0.1, 0.15) is 65.7 Å². The summed E-state index contributed by atoms with van der Waals surface area (Å²) in [7, 11) is 0. The van der Waals surface area contributed by atoms with Gasteiger partial charge in [0, 0.05) is 6.61 Å². The molecule has 0 aromatic rings. The lowest BCUT2D eigenvalue weighted by Crippen LogP contribution is -2.55. The standard InChI is InChI=1S/C14H30N2O/c1-4-14(5-2,17-6-3)13(16-15)11-12-9-7-8-10-12/h12-13,16H,4-11,15H2,1-3H3. The van der Waals surface area contributed by atoms with Crippen molar-refractivity contribution in [3.05, 3.63) is 0 Å². The van der Waals surface area contributed by atoms with E-state index in [-0.39, 0.29) is 5.60 Å². The van der Waals surface area contributed by atoms with Crippen LogP contribution in [-0.2, 0) is 4.74 Å². The van der Waals surface area contributed by atoms with Crippen LogP contribution in [0.25, 0.3) is 0 Å². The van der Waals surface area contributed by atoms with E-state index in [4.69, 9.17) is 10.6 Å². The van der Waals surface area contributed by atoms with Crippen LogP contribution in [0, 0.1) is 5.92 Å². The number of nitrogens with two attached hydrogens (primary N) is 1. The zero-order chi connectivity index (χ0) is 12.7. The van der Waals surface area contributed by atoms with Crippen LogP contribution in [-0.4, -0.2) is 18.2 Å². The lowest BCUT2D eigenvalue weighted by Gasteiger charge is -2.40. The smallest absolute Gasteiger partial charge is 0.0842 e. The first-order chi connectivity index (χ1) is 8.22. The number of ether oxygens (including phenoxy) is 1. The Morgan fingerprint density at radius 1 is 1.24 bits per heavy atom. The van der Waals surface area contributed by atoms with Crippen molar-refractivity contribution in [1.29, 1.82) is 0 Å². The molecule has 0 heterocycles. The van der Waals surface area contributed by atoms with E-state index in [1.165, 1.54) is 25.7 Å². The molecule has 17 heavy (non-hydrogen) atoms. The van der Waals surface area contributed by atoms with Gasteiger partial charge in [-0.05, 0) is 32.1 Å². The highest BCUT2D eigenvalue weighted by molar-refractivity contribution is 4.92. The highest BCUT2D eigenvalue weighted by atomic mass is 16.5. The zero-order valence-electron chi connectivity index (χ0n) is 11.8. The summed E-state index contributed by atoms with van der Waals surface area (Å²) in [5, 5.41) is 0. The zero-order valence-corrected chi connectivity index (χ0v) is 11.8. The molecule has 1 rings (SSSR count). The molecule has 102 valence electrons. The van der Waals surface area contributed by atoms with Crippen LogP contribution < -0.4 is 11.3 Å². The van der Waals surface area contributed by atoms with E-state index in [0.717, 1.165) is 31.8 Å². The van der Waals surface area contributed by atoms with Gasteiger partial charge in [0.25, 0.3) is 0 Å². The first-order valence-corrected chi connectivity index (χ1v) is 7.32. The van der Waals surface area contributed by atoms with E-state index in [1.807, 2.05) is 0 Å². The monoisotopic (exact) mass is 242 g/mol. The fraction of sp³-hybridized carbons (Fsp3) is 1.00. The largest absolute Gasteiger partial charge is 0.374 e. The Hall–Kier alpha value is -0.120. The lowest BCUT2D eigenvalue weighted by molar-refractivity contribution is -0.0767. The minimum Gasteiger partial charge on any atom is -0.374 e. The normalized spacial score (nSPS) is 19.8. The molecule has 3 N–H and O–H groups in total. The summed E-state index contributed by atoms with van der Waals surface area (Å²) < 4.78 is 6.05. The first kappa shape index (κ1) is 14.9. The fourth-order valence-electron chi connectivity index (χ4n) is 3.35. The Bertz CT molecular complexity index is 198. The Balaban J connectivity index is 2.65. The maximum atomic E-state index is 6.05. The van der Waals surface area contributed by atoms with Crippen LogP contribution in [0.4, 0.5) is 0 Å². The Morgan fingerprint density at radius 3 is 2.24 bits per heavy atom. The van der Waals surface area contributed by atoms with Gasteiger partial charge in [-0.3, -0.25) is 11.3 Å². The first-order valence-electron chi connectivity index (χ1n) is 7.32. The summed E-state index contributed by atoms with van der Waals surface area (Å²) in [6.45, 7) is 7.25. The minimum absolute atomic E-state index is 0.0773. The second-order valence-corrected chi connectivity index (χ2v) is 5.31. The molecule has 0 spiro atoms. The predicted octanol–water partition coefficient (Wildman–Crippen LogP) is 2.99. The maximum absolute atomic E-state index is 6.05. The Morgan fingerprint density at radius 2 is 1.82 bits per heavy atom. The molecule has 0 radical (unpaired) electrons. The van der Waals surface area contributed by atoms with Crippen molar-refractivity contribution < 1.29 is 4.74 Å². The molecular weight excluding hydrogens is 212 g/mol. The maximum Gasteiger partial charge on any atom is 0.0842 e. The molecule has 1 aliphatic carbocycles. The Kier molecular flexibility index (Phi) is 6.45. The van der Waals surface area contributed by atoms with E-state index < -0.39 is 0 Å². The van der Waals surface area contributed by atoms with Crippen LogP contribution in [0.3, 0.4) is 0 Å². The number of hydrogen-bond donors (Lipinski definition) is 2. The van der Waals surface area contributed by atoms with Gasteiger partial charge in [-0.2, -0.15) is 0 Å². The molecule has 1 fully saturated rings. The van der Waals surface area contributed by atoms with E-state index >= 15 is 0 Å². The molecule has 3 heteroatoms. The molecular formula is C14H30N2O. The summed E-state index contributed by atoms with van der Waals surface area (Å²) in [5.74, 6) is 6.63. The molecule has 1 unspecified atom stereocenters. The van der Waals surface area contributed by atoms with Crippen molar-refractivity contribution >= 4 is 0 Å². The Labute approximate surface area is 106 Å². The van der Waals surface area contributed by atoms with Crippen LogP contribution in [0.15, 0.2) is 0 Å². The predicted molar refractivity (Wildman–Crippen MR) is 72.6 cm³/mol. The van der Waals surface area contributed by atoms with Crippen molar-refractivity contribution in [2.75, 3.05) is 6.61 Å². The van der Waals surface area contributed by atoms with Gasteiger partial charge in [-0.1, -0.05) is 39.5 Å². The van der Waals surface area contributed by atoms with Gasteiger partial charge in [-0.15, -0.1) is 0 Å². The molecule has 1 aliphatic rings. The molecule has 3 nitrogen and oxygen atoms in total. The molecule has 0 amide bonds. The van der Waals surface area contributed by atoms with Gasteiger partial charge < -0.3 is 4.74 Å². The number of rotatable bonds is 8. The third-order valence-corrected chi connectivity index (χ3v) is 4.51. The molecule has 1 atom stereocenters. The topological polar surface area (TPSA) is 47.3 Å². The second kappa shape index (κ2) is 7.34. The highest BCUT2D eigenvalue weighted by Gasteiger charge is 2.37. The van der Waals surface area contributed by atoms with Crippen LogP contribution >= 0.6 is 0 Å². The fourth-order valence-corrected chi connectivity index (χ4v) is 3.35. The highest BCUT2D eigenvalue weighted by Crippen LogP contribution is 2.34. The average molecular weight is 242 g/mol. The van der Waals surface area contributed by atoms with Gasteiger partial charge >= 0.3 is 0 Å². The number of hydrazine groups is 1. The molecule has 0 bridgehead atoms. The summed E-state index contributed by atoms with van der Waals surface area (Å²) in [4.78, 5) is 0. The summed E-state index contributed by atoms with van der Waals surface area (Å²) in [6, 6.07) is 0.292. The molecule has 1 saturated carbocycles. The van der Waals surface area contributed by atoms with Gasteiger partial charge in [-0.25, -0.2) is 0 Å². The summed E-state index contributed by atoms with van der Waals surface area (Å²) >= 11 is 0. The van der Waals surface area contributed by atoms with E-state index in [2.05, 4.69) is 26.2 Å². The molecule has 0 saturated heterocycles. The minimum atomic E-state index is -0.0773. The van der Waals surface area contributed by atoms with Crippen LogP contribution in [0.5, 0.6) is 0 Å². The van der Waals surface area contributed by atoms with Crippen molar-refractivity contribution in [3.63, 3.8) is 0 Å². The second-order valence-electron chi connectivity index (χ2n) is 5.31. The van der Waals surface area contributed by atoms with Gasteiger partial charge in [0.05, 0.1) is 11.6 Å². The van der Waals surface area contributed by atoms with Crippen LogP contribution in [0.2, 0.25) is 0 Å². The molecule has 0 aliphatic heterocycles. The SMILES string of the molecule is CCOC(CC)(CC)C(CC1CCCC1)NN. The lowest BCUT2D eigenvalue weighted by atomic mass is 9.82. The van der Waals surface area contributed by atoms with Gasteiger partial charge in [0.1, 0.15) is 0 Å². The third-order valence-electron chi connectivity index (χ3n) is 4.51. The third kappa shape index (κ3) is 3.67. The summed E-state index contributed by atoms with van der Waals surface area (Å²) in [5.41, 5.74) is 2.95. The number of nitrogens with one attached hydrogen (secondary N) is 1. The van der Waals surface area contributed by atoms with Crippen molar-refractivity contribution in [2.24, 2.45) is 11.8 Å². The molecule has 0 aromatic carbocycles. The average Bonchev–Trinajstić information content (AvgIpc) is 2.86. The van der Waals surface area contributed by atoms with E-state index in [9.17, 15) is 0 Å². The van der Waals surface area contributed by atoms with E-state index in [0.29, 0.717) is 6.04 Å². The van der Waals surface area contributed by atoms with Crippen molar-refractivity contribution in [1.82, 2.24) is 5.43 Å². The van der Waals surface area contributed by atoms with Crippen molar-refractivity contribution in [3.8, 4) is 0 Å². The molecule has 0 aromatic heterocycles. The quantitative estimate of drug-likeness (QED) is 0.508. The summed E-state index contributed by atoms with van der Waals surface area (Å²) in [6.07, 6.45) is 8.74.